The lowest BCUT2D eigenvalue weighted by molar-refractivity contribution is -0.144. The lowest BCUT2D eigenvalue weighted by Gasteiger charge is -2.28. The third-order valence-corrected chi connectivity index (χ3v) is 4.09. The van der Waals surface area contributed by atoms with E-state index in [0.717, 1.165) is 12.0 Å². The topological polar surface area (TPSA) is 64.6 Å². The third-order valence-electron chi connectivity index (χ3n) is 4.09. The fourth-order valence-electron chi connectivity index (χ4n) is 2.72. The van der Waals surface area contributed by atoms with E-state index in [1.807, 2.05) is 38.1 Å². The van der Waals surface area contributed by atoms with Gasteiger partial charge in [-0.2, -0.15) is 0 Å². The van der Waals surface area contributed by atoms with Gasteiger partial charge in [-0.25, -0.2) is 4.79 Å². The summed E-state index contributed by atoms with van der Waals surface area (Å²) in [7, 11) is 1.58. The normalized spacial score (nSPS) is 19.1. The summed E-state index contributed by atoms with van der Waals surface area (Å²) in [5, 5.41) is 2.74. The van der Waals surface area contributed by atoms with Gasteiger partial charge in [0, 0.05) is 23.6 Å². The van der Waals surface area contributed by atoms with E-state index in [9.17, 15) is 9.59 Å². The lowest BCUT2D eigenvalue weighted by atomic mass is 9.84. The Morgan fingerprint density at radius 2 is 2.09 bits per heavy atom. The summed E-state index contributed by atoms with van der Waals surface area (Å²) in [6, 6.07) is 7.44. The van der Waals surface area contributed by atoms with Crippen molar-refractivity contribution in [3.63, 3.8) is 0 Å². The molecule has 0 bridgehead atoms. The number of carbonyl (C=O) groups excluding carboxylic acids is 2. The van der Waals surface area contributed by atoms with Crippen LogP contribution < -0.4 is 10.1 Å². The second-order valence-corrected chi connectivity index (χ2v) is 5.71. The maximum Gasteiger partial charge on any atom is 0.336 e. The molecule has 0 saturated carbocycles. The average Bonchev–Trinajstić information content (AvgIpc) is 2.53. The first-order valence-electron chi connectivity index (χ1n) is 7.82. The minimum atomic E-state index is -0.382. The Morgan fingerprint density at radius 1 is 1.39 bits per heavy atom. The number of esters is 1. The van der Waals surface area contributed by atoms with E-state index >= 15 is 0 Å². The van der Waals surface area contributed by atoms with Crippen molar-refractivity contribution in [3.05, 3.63) is 41.1 Å². The highest BCUT2D eigenvalue weighted by Crippen LogP contribution is 2.38. The van der Waals surface area contributed by atoms with Crippen LogP contribution >= 0.6 is 0 Å². The molecule has 5 nitrogen and oxygen atoms in total. The van der Waals surface area contributed by atoms with Crippen LogP contribution in [0.4, 0.5) is 0 Å². The maximum atomic E-state index is 12.6. The molecule has 1 aliphatic heterocycles. The fourth-order valence-corrected chi connectivity index (χ4v) is 2.72. The molecule has 0 aromatic heterocycles. The van der Waals surface area contributed by atoms with E-state index in [0.29, 0.717) is 17.0 Å². The lowest BCUT2D eigenvalue weighted by Crippen LogP contribution is -2.35. The van der Waals surface area contributed by atoms with E-state index in [4.69, 9.17) is 9.47 Å². The fraction of sp³-hybridized carbons (Fsp3) is 0.444. The minimum Gasteiger partial charge on any atom is -0.496 e. The Morgan fingerprint density at radius 3 is 2.74 bits per heavy atom. The number of hydrogen-bond donors (Lipinski definition) is 1. The summed E-state index contributed by atoms with van der Waals surface area (Å²) >= 11 is 0. The van der Waals surface area contributed by atoms with Crippen LogP contribution in [-0.2, 0) is 14.3 Å². The van der Waals surface area contributed by atoms with Crippen LogP contribution in [0.15, 0.2) is 35.5 Å². The summed E-state index contributed by atoms with van der Waals surface area (Å²) in [6.07, 6.45) is 0.769. The van der Waals surface area contributed by atoms with Crippen LogP contribution in [0.1, 0.15) is 45.1 Å². The number of benzene rings is 1. The van der Waals surface area contributed by atoms with Gasteiger partial charge in [0.25, 0.3) is 0 Å². The first-order valence-corrected chi connectivity index (χ1v) is 7.82. The monoisotopic (exact) mass is 317 g/mol. The molecule has 2 atom stereocenters. The Balaban J connectivity index is 2.44. The van der Waals surface area contributed by atoms with Crippen molar-refractivity contribution >= 4 is 11.9 Å². The first-order chi connectivity index (χ1) is 11.0. The summed E-state index contributed by atoms with van der Waals surface area (Å²) in [4.78, 5) is 24.6. The molecule has 0 unspecified atom stereocenters. The minimum absolute atomic E-state index is 0.113. The molecule has 1 aliphatic rings. The van der Waals surface area contributed by atoms with Crippen LogP contribution in [0.25, 0.3) is 0 Å². The predicted octanol–water partition coefficient (Wildman–Crippen LogP) is 2.91. The van der Waals surface area contributed by atoms with Crippen LogP contribution in [0.2, 0.25) is 0 Å². The average molecular weight is 317 g/mol. The van der Waals surface area contributed by atoms with Crippen LogP contribution in [0, 0.1) is 0 Å². The highest BCUT2D eigenvalue weighted by atomic mass is 16.5. The maximum absolute atomic E-state index is 12.6. The van der Waals surface area contributed by atoms with Gasteiger partial charge in [-0.1, -0.05) is 25.1 Å². The Labute approximate surface area is 136 Å². The van der Waals surface area contributed by atoms with E-state index in [1.54, 1.807) is 14.0 Å². The number of rotatable bonds is 5. The zero-order chi connectivity index (χ0) is 17.0. The molecule has 0 fully saturated rings. The second-order valence-electron chi connectivity index (χ2n) is 5.71. The summed E-state index contributed by atoms with van der Waals surface area (Å²) in [5.41, 5.74) is 1.86. The van der Waals surface area contributed by atoms with E-state index in [1.165, 1.54) is 0 Å². The number of carbonyl (C=O) groups is 2. The largest absolute Gasteiger partial charge is 0.496 e. The second kappa shape index (κ2) is 7.31. The Bertz CT molecular complexity index is 636. The number of methoxy groups -OCH3 is 1. The molecule has 1 N–H and O–H groups in total. The molecule has 1 amide bonds. The standard InChI is InChI=1S/C18H23NO4/c1-5-11(2)23-18(21)17-12(3)19-16(20)10-14(17)13-8-6-7-9-15(13)22-4/h6-9,11,14H,5,10H2,1-4H3,(H,19,20)/t11-,14-/m0/s1. The molecule has 1 aromatic rings. The van der Waals surface area contributed by atoms with Gasteiger partial charge in [-0.15, -0.1) is 0 Å². The van der Waals surface area contributed by atoms with Gasteiger partial charge in [0.2, 0.25) is 5.91 Å². The number of ether oxygens (including phenoxy) is 2. The van der Waals surface area contributed by atoms with E-state index < -0.39 is 0 Å². The molecule has 1 heterocycles. The van der Waals surface area contributed by atoms with Gasteiger partial charge in [-0.05, 0) is 26.3 Å². The smallest absolute Gasteiger partial charge is 0.336 e. The third kappa shape index (κ3) is 3.73. The zero-order valence-electron chi connectivity index (χ0n) is 14.0. The molecule has 0 saturated heterocycles. The SMILES string of the molecule is CC[C@H](C)OC(=O)C1=C(C)NC(=O)C[C@H]1c1ccccc1OC. The molecular weight excluding hydrogens is 294 g/mol. The number of hydrogen-bond acceptors (Lipinski definition) is 4. The molecule has 5 heteroatoms. The van der Waals surface area contributed by atoms with Crippen LogP contribution in [-0.4, -0.2) is 25.1 Å². The van der Waals surface area contributed by atoms with E-state index in [2.05, 4.69) is 5.32 Å². The molecule has 2 rings (SSSR count). The summed E-state index contributed by atoms with van der Waals surface area (Å²) in [6.45, 7) is 5.54. The van der Waals surface area contributed by atoms with Gasteiger partial charge in [0.05, 0.1) is 18.8 Å². The molecule has 1 aromatic carbocycles. The quantitative estimate of drug-likeness (QED) is 0.848. The van der Waals surface area contributed by atoms with Gasteiger partial charge in [0.1, 0.15) is 5.75 Å². The molecule has 0 spiro atoms. The molecule has 0 radical (unpaired) electrons. The van der Waals surface area contributed by atoms with Crippen molar-refractivity contribution in [2.24, 2.45) is 0 Å². The van der Waals surface area contributed by atoms with Crippen molar-refractivity contribution in [3.8, 4) is 5.75 Å². The van der Waals surface area contributed by atoms with Gasteiger partial charge in [0.15, 0.2) is 0 Å². The first kappa shape index (κ1) is 17.1. The Hall–Kier alpha value is -2.30. The summed E-state index contributed by atoms with van der Waals surface area (Å²) in [5.74, 6) is -0.198. The van der Waals surface area contributed by atoms with Crippen LogP contribution in [0.3, 0.4) is 0 Å². The zero-order valence-corrected chi connectivity index (χ0v) is 14.0. The van der Waals surface area contributed by atoms with Gasteiger partial charge in [-0.3, -0.25) is 4.79 Å². The molecule has 23 heavy (non-hydrogen) atoms. The number of allylic oxidation sites excluding steroid dienone is 1. The molecule has 124 valence electrons. The molecule has 0 aliphatic carbocycles. The van der Waals surface area contributed by atoms with E-state index in [-0.39, 0.29) is 30.3 Å². The number of para-hydroxylation sites is 1. The number of nitrogens with one attached hydrogen (secondary N) is 1. The highest BCUT2D eigenvalue weighted by molar-refractivity contribution is 5.96. The van der Waals surface area contributed by atoms with Crippen LogP contribution in [0.5, 0.6) is 5.75 Å². The van der Waals surface area contributed by atoms with Crippen molar-refractivity contribution in [2.75, 3.05) is 7.11 Å². The van der Waals surface area contributed by atoms with Gasteiger partial charge < -0.3 is 14.8 Å². The predicted molar refractivity (Wildman–Crippen MR) is 87.0 cm³/mol. The van der Waals surface area contributed by atoms with Crippen molar-refractivity contribution in [1.82, 2.24) is 5.32 Å². The van der Waals surface area contributed by atoms with Gasteiger partial charge >= 0.3 is 5.97 Å². The van der Waals surface area contributed by atoms with Crippen molar-refractivity contribution in [1.29, 1.82) is 0 Å². The molecular formula is C18H23NO4. The van der Waals surface area contributed by atoms with Crippen molar-refractivity contribution in [2.45, 2.75) is 45.6 Å². The van der Waals surface area contributed by atoms with Crippen molar-refractivity contribution < 1.29 is 19.1 Å². The summed E-state index contributed by atoms with van der Waals surface area (Å²) < 4.78 is 10.9. The number of amides is 1. The Kier molecular flexibility index (Phi) is 5.42. The highest BCUT2D eigenvalue weighted by Gasteiger charge is 2.34.